The van der Waals surface area contributed by atoms with Crippen LogP contribution in [0, 0.1) is 11.6 Å². The summed E-state index contributed by atoms with van der Waals surface area (Å²) < 4.78 is 73.4. The van der Waals surface area contributed by atoms with Crippen LogP contribution in [0.3, 0.4) is 0 Å². The van der Waals surface area contributed by atoms with E-state index in [0.717, 1.165) is 12.1 Å². The molecule has 3 aromatic rings. The van der Waals surface area contributed by atoms with E-state index in [4.69, 9.17) is 16.3 Å². The van der Waals surface area contributed by atoms with Crippen molar-refractivity contribution < 1.29 is 26.7 Å². The summed E-state index contributed by atoms with van der Waals surface area (Å²) >= 11 is 6.22. The number of halogens is 6. The van der Waals surface area contributed by atoms with Crippen LogP contribution in [0.1, 0.15) is 11.1 Å². The fraction of sp³-hybridized carbons (Fsp3) is 0.333. The summed E-state index contributed by atoms with van der Waals surface area (Å²) in [5, 5.41) is 1.84. The van der Waals surface area contributed by atoms with Crippen molar-refractivity contribution in [2.45, 2.75) is 12.6 Å². The topological polar surface area (TPSA) is 76.1 Å². The van der Waals surface area contributed by atoms with Crippen molar-refractivity contribution in [2.24, 2.45) is 0 Å². The van der Waals surface area contributed by atoms with Crippen LogP contribution in [-0.4, -0.2) is 64.8 Å². The Morgan fingerprint density at radius 1 is 1.06 bits per heavy atom. The standard InChI is InChI=1S/C21H20ClF5N6O/c1-33(2)5-6-34-12-7-15(23)13(16(24)8-12)9-14-18(22)31-20(17-10-28-3-4-29-17)32-19(14)30-11-21(25,26)27/h3-4,7-8,10H,5-6,9,11H2,1-2H3,(H,30,31,32). The molecule has 7 nitrogen and oxygen atoms in total. The Morgan fingerprint density at radius 2 is 1.76 bits per heavy atom. The number of hydrogen-bond donors (Lipinski definition) is 1. The normalized spacial score (nSPS) is 11.7. The van der Waals surface area contributed by atoms with E-state index in [9.17, 15) is 22.0 Å². The predicted octanol–water partition coefficient (Wildman–Crippen LogP) is 4.37. The van der Waals surface area contributed by atoms with Gasteiger partial charge in [0.2, 0.25) is 0 Å². The monoisotopic (exact) mass is 502 g/mol. The van der Waals surface area contributed by atoms with Crippen LogP contribution >= 0.6 is 11.6 Å². The molecule has 3 rings (SSSR count). The van der Waals surface area contributed by atoms with Gasteiger partial charge in [-0.3, -0.25) is 4.98 Å². The number of anilines is 1. The highest BCUT2D eigenvalue weighted by atomic mass is 35.5. The zero-order valence-corrected chi connectivity index (χ0v) is 18.9. The van der Waals surface area contributed by atoms with E-state index in [0.29, 0.717) is 6.54 Å². The van der Waals surface area contributed by atoms with Gasteiger partial charge in [-0.05, 0) is 14.1 Å². The van der Waals surface area contributed by atoms with Crippen LogP contribution in [0.5, 0.6) is 5.75 Å². The number of nitrogens with zero attached hydrogens (tertiary/aromatic N) is 5. The maximum atomic E-state index is 14.7. The molecule has 0 spiro atoms. The third-order valence-corrected chi connectivity index (χ3v) is 4.79. The molecular formula is C21H20ClF5N6O. The van der Waals surface area contributed by atoms with Gasteiger partial charge in [0.05, 0.1) is 6.20 Å². The van der Waals surface area contributed by atoms with Gasteiger partial charge in [-0.15, -0.1) is 0 Å². The Kier molecular flexibility index (Phi) is 8.15. The van der Waals surface area contributed by atoms with E-state index in [1.54, 1.807) is 0 Å². The second-order valence-electron chi connectivity index (χ2n) is 7.42. The third kappa shape index (κ3) is 6.94. The number of benzene rings is 1. The van der Waals surface area contributed by atoms with E-state index in [2.05, 4.69) is 25.3 Å². The van der Waals surface area contributed by atoms with Gasteiger partial charge in [-0.2, -0.15) is 13.2 Å². The first-order valence-corrected chi connectivity index (χ1v) is 10.3. The van der Waals surface area contributed by atoms with E-state index in [-0.39, 0.29) is 40.4 Å². The Bertz CT molecular complexity index is 1110. The van der Waals surface area contributed by atoms with Crippen LogP contribution < -0.4 is 10.1 Å². The van der Waals surface area contributed by atoms with Crippen LogP contribution in [0.4, 0.5) is 27.8 Å². The summed E-state index contributed by atoms with van der Waals surface area (Å²) in [6.07, 6.45) is -1.05. The minimum Gasteiger partial charge on any atom is -0.492 e. The lowest BCUT2D eigenvalue weighted by atomic mass is 10.0. The first kappa shape index (κ1) is 25.5. The van der Waals surface area contributed by atoms with Crippen molar-refractivity contribution in [2.75, 3.05) is 39.1 Å². The average molecular weight is 503 g/mol. The Labute approximate surface area is 197 Å². The molecule has 0 bridgehead atoms. The number of nitrogens with one attached hydrogen (secondary N) is 1. The van der Waals surface area contributed by atoms with Crippen molar-refractivity contribution >= 4 is 17.4 Å². The summed E-state index contributed by atoms with van der Waals surface area (Å²) in [5.41, 5.74) is -0.381. The minimum atomic E-state index is -4.58. The van der Waals surface area contributed by atoms with Crippen molar-refractivity contribution in [3.63, 3.8) is 0 Å². The number of likely N-dealkylation sites (N-methyl/N-ethyl adjacent to an activating group) is 1. The largest absolute Gasteiger partial charge is 0.492 e. The molecular weight excluding hydrogens is 483 g/mol. The summed E-state index contributed by atoms with van der Waals surface area (Å²) in [6, 6.07) is 2.00. The molecule has 0 fully saturated rings. The fourth-order valence-electron chi connectivity index (χ4n) is 2.83. The third-order valence-electron chi connectivity index (χ3n) is 4.48. The van der Waals surface area contributed by atoms with E-state index in [1.165, 1.54) is 18.6 Å². The molecule has 0 radical (unpaired) electrons. The van der Waals surface area contributed by atoms with Crippen molar-refractivity contribution in [3.8, 4) is 17.3 Å². The summed E-state index contributed by atoms with van der Waals surface area (Å²) in [5.74, 6) is -2.34. The maximum Gasteiger partial charge on any atom is 0.405 e. The molecule has 0 unspecified atom stereocenters. The number of rotatable bonds is 9. The van der Waals surface area contributed by atoms with Crippen molar-refractivity contribution in [1.82, 2.24) is 24.8 Å². The molecule has 0 saturated heterocycles. The highest BCUT2D eigenvalue weighted by molar-refractivity contribution is 6.30. The van der Waals surface area contributed by atoms with Gasteiger partial charge in [0, 0.05) is 48.6 Å². The Balaban J connectivity index is 1.95. The predicted molar refractivity (Wildman–Crippen MR) is 116 cm³/mol. The number of hydrogen-bond acceptors (Lipinski definition) is 7. The van der Waals surface area contributed by atoms with Crippen LogP contribution in [-0.2, 0) is 6.42 Å². The Hall–Kier alpha value is -3.12. The molecule has 1 aromatic carbocycles. The van der Waals surface area contributed by atoms with Crippen molar-refractivity contribution in [3.05, 3.63) is 58.6 Å². The molecule has 0 aliphatic rings. The number of alkyl halides is 3. The molecule has 182 valence electrons. The van der Waals surface area contributed by atoms with E-state index < -0.39 is 36.3 Å². The highest BCUT2D eigenvalue weighted by Gasteiger charge is 2.28. The smallest absolute Gasteiger partial charge is 0.405 e. The van der Waals surface area contributed by atoms with Crippen LogP contribution in [0.2, 0.25) is 5.15 Å². The van der Waals surface area contributed by atoms with Crippen molar-refractivity contribution in [1.29, 1.82) is 0 Å². The van der Waals surface area contributed by atoms with Gasteiger partial charge >= 0.3 is 6.18 Å². The van der Waals surface area contributed by atoms with Gasteiger partial charge < -0.3 is 15.0 Å². The molecule has 0 aliphatic heterocycles. The van der Waals surface area contributed by atoms with Gasteiger partial charge in [0.25, 0.3) is 0 Å². The molecule has 13 heteroatoms. The molecule has 0 amide bonds. The lowest BCUT2D eigenvalue weighted by molar-refractivity contribution is -0.115. The van der Waals surface area contributed by atoms with Crippen LogP contribution in [0.25, 0.3) is 11.5 Å². The first-order chi connectivity index (χ1) is 16.0. The Morgan fingerprint density at radius 3 is 2.35 bits per heavy atom. The van der Waals surface area contributed by atoms with Gasteiger partial charge in [0.1, 0.15) is 47.2 Å². The van der Waals surface area contributed by atoms with Gasteiger partial charge in [-0.1, -0.05) is 11.6 Å². The second-order valence-corrected chi connectivity index (χ2v) is 7.78. The van der Waals surface area contributed by atoms with Gasteiger partial charge in [0.15, 0.2) is 5.82 Å². The van der Waals surface area contributed by atoms with Gasteiger partial charge in [-0.25, -0.2) is 23.7 Å². The molecule has 0 saturated carbocycles. The highest BCUT2D eigenvalue weighted by Crippen LogP contribution is 2.31. The fourth-order valence-corrected chi connectivity index (χ4v) is 3.06. The molecule has 0 aliphatic carbocycles. The lowest BCUT2D eigenvalue weighted by Gasteiger charge is -2.16. The first-order valence-electron chi connectivity index (χ1n) is 9.92. The zero-order chi connectivity index (χ0) is 24.9. The molecule has 2 heterocycles. The molecule has 2 aromatic heterocycles. The average Bonchev–Trinajstić information content (AvgIpc) is 2.75. The van der Waals surface area contributed by atoms with Crippen LogP contribution in [0.15, 0.2) is 30.7 Å². The molecule has 1 N–H and O–H groups in total. The lowest BCUT2D eigenvalue weighted by Crippen LogP contribution is -2.23. The van der Waals surface area contributed by atoms with E-state index >= 15 is 0 Å². The second kappa shape index (κ2) is 10.9. The molecule has 0 atom stereocenters. The summed E-state index contributed by atoms with van der Waals surface area (Å²) in [4.78, 5) is 17.8. The number of ether oxygens (including phenoxy) is 1. The summed E-state index contributed by atoms with van der Waals surface area (Å²) in [7, 11) is 3.64. The maximum absolute atomic E-state index is 14.7. The zero-order valence-electron chi connectivity index (χ0n) is 18.1. The quantitative estimate of drug-likeness (QED) is 0.344. The van der Waals surface area contributed by atoms with E-state index in [1.807, 2.05) is 19.0 Å². The SMILES string of the molecule is CN(C)CCOc1cc(F)c(Cc2c(Cl)nc(-c3cnccn3)nc2NCC(F)(F)F)c(F)c1. The number of aromatic nitrogens is 4. The minimum absolute atomic E-state index is 0.0173. The summed E-state index contributed by atoms with van der Waals surface area (Å²) in [6.45, 7) is -0.707. The molecule has 34 heavy (non-hydrogen) atoms.